The Bertz CT molecular complexity index is 524. The van der Waals surface area contributed by atoms with Gasteiger partial charge in [-0.05, 0) is 25.0 Å². The highest BCUT2D eigenvalue weighted by Gasteiger charge is 2.26. The van der Waals surface area contributed by atoms with Crippen molar-refractivity contribution in [3.8, 4) is 0 Å². The Labute approximate surface area is 129 Å². The van der Waals surface area contributed by atoms with Gasteiger partial charge in [0.25, 0.3) is 0 Å². The third-order valence-electron chi connectivity index (χ3n) is 3.88. The fourth-order valence-electron chi connectivity index (χ4n) is 2.45. The van der Waals surface area contributed by atoms with E-state index in [-0.39, 0.29) is 11.9 Å². The minimum Gasteiger partial charge on any atom is -0.352 e. The molecule has 1 aliphatic carbocycles. The van der Waals surface area contributed by atoms with E-state index in [1.54, 1.807) is 23.4 Å². The van der Waals surface area contributed by atoms with Gasteiger partial charge in [-0.15, -0.1) is 0 Å². The van der Waals surface area contributed by atoms with Crippen molar-refractivity contribution in [2.45, 2.75) is 18.9 Å². The minimum atomic E-state index is -0.116. The van der Waals surface area contributed by atoms with Crippen LogP contribution in [0.3, 0.4) is 0 Å². The van der Waals surface area contributed by atoms with Crippen LogP contribution in [0, 0.1) is 0 Å². The monoisotopic (exact) mass is 303 g/mol. The average Bonchev–Trinajstić information content (AvgIpc) is 3.32. The Morgan fingerprint density at radius 1 is 1.23 bits per heavy atom. The van der Waals surface area contributed by atoms with E-state index in [1.807, 2.05) is 6.07 Å². The summed E-state index contributed by atoms with van der Waals surface area (Å²) in [5.74, 6) is 0.0933. The van der Waals surface area contributed by atoms with Crippen molar-refractivity contribution in [2.75, 3.05) is 38.0 Å². The smallest absolute Gasteiger partial charge is 0.321 e. The highest BCUT2D eigenvalue weighted by atomic mass is 16.2. The van der Waals surface area contributed by atoms with Gasteiger partial charge in [0.2, 0.25) is 5.91 Å². The van der Waals surface area contributed by atoms with Crippen LogP contribution in [0.25, 0.3) is 0 Å². The second-order valence-corrected chi connectivity index (χ2v) is 5.78. The minimum absolute atomic E-state index is 0.0933. The third-order valence-corrected chi connectivity index (χ3v) is 3.88. The van der Waals surface area contributed by atoms with Gasteiger partial charge in [0, 0.05) is 38.4 Å². The Morgan fingerprint density at radius 2 is 2.00 bits per heavy atom. The lowest BCUT2D eigenvalue weighted by Gasteiger charge is -2.34. The average molecular weight is 303 g/mol. The van der Waals surface area contributed by atoms with E-state index in [2.05, 4.69) is 20.5 Å². The number of pyridine rings is 1. The van der Waals surface area contributed by atoms with Gasteiger partial charge in [-0.2, -0.15) is 0 Å². The Hall–Kier alpha value is -2.15. The first-order valence-corrected chi connectivity index (χ1v) is 7.68. The first kappa shape index (κ1) is 14.8. The lowest BCUT2D eigenvalue weighted by atomic mass is 10.3. The van der Waals surface area contributed by atoms with Crippen LogP contribution in [-0.2, 0) is 4.79 Å². The summed E-state index contributed by atoms with van der Waals surface area (Å²) >= 11 is 0. The molecule has 2 fully saturated rings. The van der Waals surface area contributed by atoms with Crippen molar-refractivity contribution in [1.29, 1.82) is 0 Å². The number of carbonyl (C=O) groups excluding carboxylic acids is 2. The van der Waals surface area contributed by atoms with Gasteiger partial charge in [0.15, 0.2) is 0 Å². The fourth-order valence-corrected chi connectivity index (χ4v) is 2.45. The fraction of sp³-hybridized carbons (Fsp3) is 0.533. The molecular weight excluding hydrogens is 282 g/mol. The molecule has 0 radical (unpaired) electrons. The summed E-state index contributed by atoms with van der Waals surface area (Å²) in [6.07, 6.45) is 5.50. The molecule has 7 nitrogen and oxygen atoms in total. The van der Waals surface area contributed by atoms with Crippen molar-refractivity contribution in [2.24, 2.45) is 0 Å². The topological polar surface area (TPSA) is 77.6 Å². The number of anilines is 1. The number of piperazine rings is 1. The maximum Gasteiger partial charge on any atom is 0.321 e. The second kappa shape index (κ2) is 6.74. The van der Waals surface area contributed by atoms with Crippen molar-refractivity contribution in [1.82, 2.24) is 20.1 Å². The maximum absolute atomic E-state index is 12.1. The van der Waals surface area contributed by atoms with Crippen LogP contribution >= 0.6 is 0 Å². The molecule has 0 spiro atoms. The summed E-state index contributed by atoms with van der Waals surface area (Å²) in [4.78, 5) is 31.7. The Balaban J connectivity index is 1.40. The highest BCUT2D eigenvalue weighted by molar-refractivity contribution is 5.89. The molecule has 1 aromatic rings. The van der Waals surface area contributed by atoms with Crippen LogP contribution in [0.5, 0.6) is 0 Å². The first-order chi connectivity index (χ1) is 10.7. The SMILES string of the molecule is O=C(CN1CCN(C(=O)Nc2cccnc2)CC1)NC1CC1. The Kier molecular flexibility index (Phi) is 4.53. The molecule has 118 valence electrons. The van der Waals surface area contributed by atoms with Crippen molar-refractivity contribution in [3.05, 3.63) is 24.5 Å². The number of hydrogen-bond donors (Lipinski definition) is 2. The number of urea groups is 1. The molecule has 7 heteroatoms. The highest BCUT2D eigenvalue weighted by Crippen LogP contribution is 2.18. The zero-order chi connectivity index (χ0) is 15.4. The lowest BCUT2D eigenvalue weighted by Crippen LogP contribution is -2.52. The summed E-state index contributed by atoms with van der Waals surface area (Å²) in [7, 11) is 0. The van der Waals surface area contributed by atoms with Gasteiger partial charge in [0.1, 0.15) is 0 Å². The molecule has 3 amide bonds. The summed E-state index contributed by atoms with van der Waals surface area (Å²) < 4.78 is 0. The summed E-state index contributed by atoms with van der Waals surface area (Å²) in [5.41, 5.74) is 0.693. The number of carbonyl (C=O) groups is 2. The molecule has 2 heterocycles. The van der Waals surface area contributed by atoms with Crippen LogP contribution < -0.4 is 10.6 Å². The molecule has 3 rings (SSSR count). The van der Waals surface area contributed by atoms with E-state index in [1.165, 1.54) is 0 Å². The van der Waals surface area contributed by atoms with Gasteiger partial charge in [0.05, 0.1) is 18.4 Å². The molecule has 0 atom stereocenters. The molecular formula is C15H21N5O2. The molecule has 1 saturated heterocycles. The zero-order valence-electron chi connectivity index (χ0n) is 12.5. The molecule has 0 aromatic carbocycles. The summed E-state index contributed by atoms with van der Waals surface area (Å²) in [6, 6.07) is 3.88. The number of aromatic nitrogens is 1. The quantitative estimate of drug-likeness (QED) is 0.849. The number of nitrogens with zero attached hydrogens (tertiary/aromatic N) is 3. The van der Waals surface area contributed by atoms with E-state index < -0.39 is 0 Å². The van der Waals surface area contributed by atoms with Gasteiger partial charge in [-0.3, -0.25) is 14.7 Å². The van der Waals surface area contributed by atoms with Crippen LogP contribution in [0.1, 0.15) is 12.8 Å². The van der Waals surface area contributed by atoms with Gasteiger partial charge in [-0.25, -0.2) is 4.79 Å². The molecule has 0 bridgehead atoms. The van der Waals surface area contributed by atoms with Gasteiger partial charge < -0.3 is 15.5 Å². The second-order valence-electron chi connectivity index (χ2n) is 5.78. The predicted molar refractivity (Wildman–Crippen MR) is 82.4 cm³/mol. The lowest BCUT2D eigenvalue weighted by molar-refractivity contribution is -0.122. The summed E-state index contributed by atoms with van der Waals surface area (Å²) in [5, 5.41) is 5.82. The van der Waals surface area contributed by atoms with Crippen LogP contribution in [0.4, 0.5) is 10.5 Å². The zero-order valence-corrected chi connectivity index (χ0v) is 12.5. The van der Waals surface area contributed by atoms with E-state index in [0.29, 0.717) is 31.4 Å². The number of amides is 3. The first-order valence-electron chi connectivity index (χ1n) is 7.68. The molecule has 22 heavy (non-hydrogen) atoms. The molecule has 2 N–H and O–H groups in total. The van der Waals surface area contributed by atoms with Gasteiger partial charge >= 0.3 is 6.03 Å². The largest absolute Gasteiger partial charge is 0.352 e. The van der Waals surface area contributed by atoms with Crippen molar-refractivity contribution in [3.63, 3.8) is 0 Å². The number of nitrogens with one attached hydrogen (secondary N) is 2. The third kappa shape index (κ3) is 4.17. The van der Waals surface area contributed by atoms with E-state index in [9.17, 15) is 9.59 Å². The molecule has 1 aromatic heterocycles. The number of hydrogen-bond acceptors (Lipinski definition) is 4. The van der Waals surface area contributed by atoms with Crippen LogP contribution in [0.15, 0.2) is 24.5 Å². The van der Waals surface area contributed by atoms with E-state index in [0.717, 1.165) is 25.9 Å². The predicted octanol–water partition coefficient (Wildman–Crippen LogP) is 0.510. The molecule has 1 saturated carbocycles. The molecule has 0 unspecified atom stereocenters. The Morgan fingerprint density at radius 3 is 2.64 bits per heavy atom. The van der Waals surface area contributed by atoms with E-state index in [4.69, 9.17) is 0 Å². The van der Waals surface area contributed by atoms with Crippen LogP contribution in [-0.4, -0.2) is 65.5 Å². The summed E-state index contributed by atoms with van der Waals surface area (Å²) in [6.45, 7) is 3.12. The van der Waals surface area contributed by atoms with Crippen molar-refractivity contribution < 1.29 is 9.59 Å². The van der Waals surface area contributed by atoms with E-state index >= 15 is 0 Å². The van der Waals surface area contributed by atoms with Crippen LogP contribution in [0.2, 0.25) is 0 Å². The van der Waals surface area contributed by atoms with Gasteiger partial charge in [-0.1, -0.05) is 0 Å². The molecule has 1 aliphatic heterocycles. The molecule has 2 aliphatic rings. The van der Waals surface area contributed by atoms with Crippen molar-refractivity contribution >= 4 is 17.6 Å². The normalized spacial score (nSPS) is 18.8. The maximum atomic E-state index is 12.1. The standard InChI is InChI=1S/C15H21N5O2/c21-14(17-12-3-4-12)11-19-6-8-20(9-7-19)15(22)18-13-2-1-5-16-10-13/h1-2,5,10,12H,3-4,6-9,11H2,(H,17,21)(H,18,22). The number of rotatable bonds is 4.